The first-order valence-electron chi connectivity index (χ1n) is 9.75. The number of hydrogen-bond donors (Lipinski definition) is 1. The minimum atomic E-state index is -1.43. The summed E-state index contributed by atoms with van der Waals surface area (Å²) in [6.07, 6.45) is -5.18. The second-order valence-electron chi connectivity index (χ2n) is 6.97. The lowest BCUT2D eigenvalue weighted by molar-refractivity contribution is -0.270. The first-order valence-corrected chi connectivity index (χ1v) is 9.75. The van der Waals surface area contributed by atoms with Crippen LogP contribution in [0.1, 0.15) is 38.1 Å². The van der Waals surface area contributed by atoms with E-state index in [-0.39, 0.29) is 12.2 Å². The second-order valence-corrected chi connectivity index (χ2v) is 6.97. The number of nitrogens with one attached hydrogen (secondary N) is 1. The quantitative estimate of drug-likeness (QED) is 0.460. The number of esters is 4. The Hall–Kier alpha value is -3.47. The van der Waals surface area contributed by atoms with Gasteiger partial charge in [0, 0.05) is 33.3 Å². The summed E-state index contributed by atoms with van der Waals surface area (Å²) in [6, 6.07) is 6.88. The van der Waals surface area contributed by atoms with Crippen LogP contribution in [0.3, 0.4) is 0 Å². The third-order valence-electron chi connectivity index (χ3n) is 4.32. The first-order chi connectivity index (χ1) is 15.1. The van der Waals surface area contributed by atoms with E-state index in [2.05, 4.69) is 5.32 Å². The van der Waals surface area contributed by atoms with Crippen molar-refractivity contribution in [3.63, 3.8) is 0 Å². The lowest BCUT2D eigenvalue weighted by atomic mass is 9.95. The van der Waals surface area contributed by atoms with E-state index in [1.807, 2.05) is 0 Å². The maximum absolute atomic E-state index is 12.8. The molecular formula is C21H25NO10. The van der Waals surface area contributed by atoms with Crippen LogP contribution in [0.25, 0.3) is 0 Å². The highest BCUT2D eigenvalue weighted by atomic mass is 16.7. The molecule has 1 fully saturated rings. The van der Waals surface area contributed by atoms with Gasteiger partial charge in [0.05, 0.1) is 0 Å². The maximum Gasteiger partial charge on any atom is 0.305 e. The highest BCUT2D eigenvalue weighted by molar-refractivity contribution is 5.94. The fourth-order valence-electron chi connectivity index (χ4n) is 3.14. The number of carbonyl (C=O) groups is 5. The summed E-state index contributed by atoms with van der Waals surface area (Å²) in [5.74, 6) is -3.44. The topological polar surface area (TPSA) is 144 Å². The molecule has 11 nitrogen and oxygen atoms in total. The van der Waals surface area contributed by atoms with Crippen molar-refractivity contribution in [3.8, 4) is 0 Å². The lowest BCUT2D eigenvalue weighted by Crippen LogP contribution is -2.67. The maximum atomic E-state index is 12.8. The third-order valence-corrected chi connectivity index (χ3v) is 4.32. The molecule has 2 unspecified atom stereocenters. The predicted octanol–water partition coefficient (Wildman–Crippen LogP) is 0.500. The Morgan fingerprint density at radius 1 is 0.812 bits per heavy atom. The van der Waals surface area contributed by atoms with Crippen LogP contribution in [-0.2, 0) is 42.9 Å². The van der Waals surface area contributed by atoms with Crippen molar-refractivity contribution in [1.82, 2.24) is 5.32 Å². The normalized spacial score (nSPS) is 24.6. The van der Waals surface area contributed by atoms with Gasteiger partial charge in [-0.3, -0.25) is 24.0 Å². The van der Waals surface area contributed by atoms with Crippen molar-refractivity contribution in [3.05, 3.63) is 35.9 Å². The highest BCUT2D eigenvalue weighted by Crippen LogP contribution is 2.28. The zero-order chi connectivity index (χ0) is 23.8. The lowest BCUT2D eigenvalue weighted by Gasteiger charge is -2.44. The molecule has 5 atom stereocenters. The Labute approximate surface area is 184 Å². The Morgan fingerprint density at radius 2 is 1.38 bits per heavy atom. The molecule has 0 aliphatic carbocycles. The summed E-state index contributed by atoms with van der Waals surface area (Å²) >= 11 is 0. The Balaban J connectivity index is 2.44. The van der Waals surface area contributed by atoms with Gasteiger partial charge in [0.2, 0.25) is 6.29 Å². The minimum absolute atomic E-state index is 0.279. The molecule has 0 aromatic heterocycles. The molecule has 0 radical (unpaired) electrons. The number of hydrogen-bond acceptors (Lipinski definition) is 10. The fourth-order valence-corrected chi connectivity index (χ4v) is 3.14. The Bertz CT molecular complexity index is 855. The number of benzene rings is 1. The van der Waals surface area contributed by atoms with E-state index in [4.69, 9.17) is 23.7 Å². The molecule has 0 spiro atoms. The van der Waals surface area contributed by atoms with Gasteiger partial charge in [0.25, 0.3) is 5.91 Å². The summed E-state index contributed by atoms with van der Waals surface area (Å²) in [5, 5.41) is 2.62. The molecule has 1 aromatic rings. The zero-order valence-corrected chi connectivity index (χ0v) is 18.1. The second kappa shape index (κ2) is 11.2. The van der Waals surface area contributed by atoms with Crippen LogP contribution < -0.4 is 5.32 Å². The van der Waals surface area contributed by atoms with Gasteiger partial charge >= 0.3 is 23.9 Å². The standard InChI is InChI=1S/C21H25NO10/c1-11(23)28-10-16-18(29-12(2)24)19(30-13(3)25)17(21(32-16)31-14(4)26)22-20(27)15-8-6-5-7-9-15/h5-9,16-19,21H,10H2,1-4H3,(H,22,27)/t16?,17-,18-,19+,21?/m0/s1. The molecule has 1 amide bonds. The molecule has 1 aliphatic rings. The molecule has 0 bridgehead atoms. The smallest absolute Gasteiger partial charge is 0.305 e. The molecule has 32 heavy (non-hydrogen) atoms. The molecule has 1 aliphatic heterocycles. The van der Waals surface area contributed by atoms with E-state index in [1.165, 1.54) is 6.92 Å². The molecule has 11 heteroatoms. The van der Waals surface area contributed by atoms with E-state index in [9.17, 15) is 24.0 Å². The van der Waals surface area contributed by atoms with Crippen LogP contribution in [0, 0.1) is 0 Å². The molecule has 1 aromatic carbocycles. The predicted molar refractivity (Wildman–Crippen MR) is 106 cm³/mol. The molecule has 2 rings (SSSR count). The van der Waals surface area contributed by atoms with Crippen molar-refractivity contribution < 1.29 is 47.7 Å². The molecule has 1 N–H and O–H groups in total. The van der Waals surface area contributed by atoms with Crippen LogP contribution in [-0.4, -0.2) is 67.0 Å². The zero-order valence-electron chi connectivity index (χ0n) is 18.1. The van der Waals surface area contributed by atoms with Crippen molar-refractivity contribution >= 4 is 29.8 Å². The first kappa shape index (κ1) is 24.8. The van der Waals surface area contributed by atoms with E-state index >= 15 is 0 Å². The van der Waals surface area contributed by atoms with Crippen molar-refractivity contribution in [1.29, 1.82) is 0 Å². The van der Waals surface area contributed by atoms with Gasteiger partial charge < -0.3 is 29.0 Å². The number of rotatable bonds is 7. The largest absolute Gasteiger partial charge is 0.463 e. The molecular weight excluding hydrogens is 426 g/mol. The van der Waals surface area contributed by atoms with Gasteiger partial charge in [0.15, 0.2) is 12.2 Å². The summed E-state index contributed by atoms with van der Waals surface area (Å²) in [4.78, 5) is 59.3. The van der Waals surface area contributed by atoms with Crippen LogP contribution in [0.2, 0.25) is 0 Å². The van der Waals surface area contributed by atoms with E-state index in [0.29, 0.717) is 0 Å². The Morgan fingerprint density at radius 3 is 1.91 bits per heavy atom. The monoisotopic (exact) mass is 451 g/mol. The minimum Gasteiger partial charge on any atom is -0.463 e. The fraction of sp³-hybridized carbons (Fsp3) is 0.476. The van der Waals surface area contributed by atoms with E-state index in [0.717, 1.165) is 20.8 Å². The number of ether oxygens (including phenoxy) is 5. The van der Waals surface area contributed by atoms with Crippen LogP contribution >= 0.6 is 0 Å². The van der Waals surface area contributed by atoms with Gasteiger partial charge in [-0.25, -0.2) is 0 Å². The average Bonchev–Trinajstić information content (AvgIpc) is 2.70. The SMILES string of the molecule is CC(=O)OCC1OC(OC(C)=O)[C@@H](NC(=O)c2ccccc2)[C@@H](OC(C)=O)[C@H]1OC(C)=O. The van der Waals surface area contributed by atoms with Crippen LogP contribution in [0.15, 0.2) is 30.3 Å². The molecule has 0 saturated carbocycles. The highest BCUT2D eigenvalue weighted by Gasteiger charge is 2.52. The van der Waals surface area contributed by atoms with Crippen LogP contribution in [0.4, 0.5) is 0 Å². The van der Waals surface area contributed by atoms with Crippen molar-refractivity contribution in [2.75, 3.05) is 6.61 Å². The molecule has 174 valence electrons. The van der Waals surface area contributed by atoms with Gasteiger partial charge in [-0.1, -0.05) is 18.2 Å². The van der Waals surface area contributed by atoms with Gasteiger partial charge in [0.1, 0.15) is 18.8 Å². The van der Waals surface area contributed by atoms with Crippen molar-refractivity contribution in [2.45, 2.75) is 58.3 Å². The van der Waals surface area contributed by atoms with Gasteiger partial charge in [-0.15, -0.1) is 0 Å². The molecule has 1 saturated heterocycles. The number of carbonyl (C=O) groups excluding carboxylic acids is 5. The van der Waals surface area contributed by atoms with E-state index < -0.39 is 60.4 Å². The average molecular weight is 451 g/mol. The van der Waals surface area contributed by atoms with Crippen LogP contribution in [0.5, 0.6) is 0 Å². The summed E-state index contributed by atoms with van der Waals surface area (Å²) in [6.45, 7) is 4.16. The Kier molecular flexibility index (Phi) is 8.71. The van der Waals surface area contributed by atoms with Gasteiger partial charge in [-0.05, 0) is 12.1 Å². The van der Waals surface area contributed by atoms with E-state index in [1.54, 1.807) is 30.3 Å². The van der Waals surface area contributed by atoms with Crippen molar-refractivity contribution in [2.24, 2.45) is 0 Å². The van der Waals surface area contributed by atoms with Gasteiger partial charge in [-0.2, -0.15) is 0 Å². The number of amides is 1. The molecule has 1 heterocycles. The third kappa shape index (κ3) is 7.05. The summed E-state index contributed by atoms with van der Waals surface area (Å²) in [7, 11) is 0. The summed E-state index contributed by atoms with van der Waals surface area (Å²) < 4.78 is 26.5. The summed E-state index contributed by atoms with van der Waals surface area (Å²) in [5.41, 5.74) is 0.279.